The van der Waals surface area contributed by atoms with Gasteiger partial charge >= 0.3 is 0 Å². The number of fused-ring (bicyclic) bond motifs is 1. The first-order valence-electron chi connectivity index (χ1n) is 5.99. The number of H-pyrrole nitrogens is 1. The first kappa shape index (κ1) is 11.8. The molecule has 0 aliphatic carbocycles. The van der Waals surface area contributed by atoms with Crippen molar-refractivity contribution in [2.45, 2.75) is 27.7 Å². The van der Waals surface area contributed by atoms with Crippen molar-refractivity contribution >= 4 is 17.0 Å². The second-order valence-electron chi connectivity index (χ2n) is 4.82. The molecule has 0 aliphatic rings. The highest BCUT2D eigenvalue weighted by Crippen LogP contribution is 2.17. The molecule has 2 aromatic heterocycles. The fourth-order valence-corrected chi connectivity index (χ4v) is 1.56. The van der Waals surface area contributed by atoms with Gasteiger partial charge in [-0.2, -0.15) is 0 Å². The molecule has 2 rings (SSSR count). The third-order valence-electron chi connectivity index (χ3n) is 3.13. The summed E-state index contributed by atoms with van der Waals surface area (Å²) in [4.78, 5) is 15.9. The summed E-state index contributed by atoms with van der Waals surface area (Å²) < 4.78 is 0. The second-order valence-corrected chi connectivity index (χ2v) is 4.82. The lowest BCUT2D eigenvalue weighted by molar-refractivity contribution is 0.439. The van der Waals surface area contributed by atoms with Crippen LogP contribution in [-0.2, 0) is 0 Å². The molecule has 17 heavy (non-hydrogen) atoms. The molecule has 2 N–H and O–H groups in total. The van der Waals surface area contributed by atoms with Crippen molar-refractivity contribution in [2.24, 2.45) is 11.8 Å². The average Bonchev–Trinajstić information content (AvgIpc) is 2.72. The standard InChI is InChI=1S/C12H19N5/c1-7(2)8(3)5-13-11-10-12(15-6-14-10)17-9(4)16-11/h6-8H,5H2,1-4H3,(H2,13,14,15,16,17)/t8-/m1/s1. The second kappa shape index (κ2) is 4.69. The molecule has 5 heteroatoms. The Bertz CT molecular complexity index is 503. The lowest BCUT2D eigenvalue weighted by atomic mass is 9.98. The highest BCUT2D eigenvalue weighted by atomic mass is 15.1. The Kier molecular flexibility index (Phi) is 3.26. The molecule has 0 aliphatic heterocycles. The molecule has 0 radical (unpaired) electrons. The Morgan fingerprint density at radius 2 is 2.06 bits per heavy atom. The van der Waals surface area contributed by atoms with E-state index in [2.05, 4.69) is 46.0 Å². The average molecular weight is 233 g/mol. The van der Waals surface area contributed by atoms with Gasteiger partial charge in [0.25, 0.3) is 0 Å². The van der Waals surface area contributed by atoms with E-state index in [0.29, 0.717) is 11.8 Å². The summed E-state index contributed by atoms with van der Waals surface area (Å²) in [6, 6.07) is 0. The van der Waals surface area contributed by atoms with Crippen molar-refractivity contribution in [3.8, 4) is 0 Å². The maximum absolute atomic E-state index is 4.41. The lowest BCUT2D eigenvalue weighted by Gasteiger charge is -2.16. The number of nitrogens with zero attached hydrogens (tertiary/aromatic N) is 3. The van der Waals surface area contributed by atoms with Crippen LogP contribution in [0.15, 0.2) is 6.33 Å². The summed E-state index contributed by atoms with van der Waals surface area (Å²) in [6.45, 7) is 9.47. The topological polar surface area (TPSA) is 66.5 Å². The molecule has 0 spiro atoms. The lowest BCUT2D eigenvalue weighted by Crippen LogP contribution is -2.17. The van der Waals surface area contributed by atoms with Gasteiger partial charge in [0.2, 0.25) is 0 Å². The monoisotopic (exact) mass is 233 g/mol. The Balaban J connectivity index is 2.20. The van der Waals surface area contributed by atoms with Crippen LogP contribution < -0.4 is 5.32 Å². The van der Waals surface area contributed by atoms with Crippen LogP contribution in [0.25, 0.3) is 11.2 Å². The molecular formula is C12H19N5. The highest BCUT2D eigenvalue weighted by Gasteiger charge is 2.10. The number of hydrogen-bond donors (Lipinski definition) is 2. The molecule has 0 bridgehead atoms. The summed E-state index contributed by atoms with van der Waals surface area (Å²) >= 11 is 0. The zero-order chi connectivity index (χ0) is 12.4. The molecule has 1 atom stereocenters. The van der Waals surface area contributed by atoms with E-state index in [1.54, 1.807) is 6.33 Å². The molecule has 92 valence electrons. The van der Waals surface area contributed by atoms with Crippen molar-refractivity contribution < 1.29 is 0 Å². The molecule has 0 saturated heterocycles. The maximum Gasteiger partial charge on any atom is 0.183 e. The van der Waals surface area contributed by atoms with Gasteiger partial charge in [-0.25, -0.2) is 15.0 Å². The van der Waals surface area contributed by atoms with Gasteiger partial charge in [0.05, 0.1) is 6.33 Å². The first-order valence-corrected chi connectivity index (χ1v) is 5.99. The van der Waals surface area contributed by atoms with Crippen LogP contribution in [0.2, 0.25) is 0 Å². The van der Waals surface area contributed by atoms with Crippen molar-refractivity contribution in [2.75, 3.05) is 11.9 Å². The molecule has 0 aromatic carbocycles. The molecule has 5 nitrogen and oxygen atoms in total. The van der Waals surface area contributed by atoms with Crippen LogP contribution in [0.4, 0.5) is 5.82 Å². The van der Waals surface area contributed by atoms with Gasteiger partial charge < -0.3 is 10.3 Å². The van der Waals surface area contributed by atoms with E-state index in [-0.39, 0.29) is 0 Å². The van der Waals surface area contributed by atoms with E-state index in [1.165, 1.54) is 0 Å². The van der Waals surface area contributed by atoms with Gasteiger partial charge in [-0.3, -0.25) is 0 Å². The molecule has 2 heterocycles. The Hall–Kier alpha value is -1.65. The van der Waals surface area contributed by atoms with Gasteiger partial charge in [0.15, 0.2) is 11.5 Å². The van der Waals surface area contributed by atoms with E-state index in [0.717, 1.165) is 29.4 Å². The highest BCUT2D eigenvalue weighted by molar-refractivity contribution is 5.82. The predicted octanol–water partition coefficient (Wildman–Crippen LogP) is 2.37. The van der Waals surface area contributed by atoms with Gasteiger partial charge in [-0.15, -0.1) is 0 Å². The summed E-state index contributed by atoms with van der Waals surface area (Å²) in [5.41, 5.74) is 1.60. The molecule has 0 unspecified atom stereocenters. The van der Waals surface area contributed by atoms with Gasteiger partial charge in [-0.05, 0) is 18.8 Å². The Morgan fingerprint density at radius 3 is 2.76 bits per heavy atom. The first-order chi connectivity index (χ1) is 8.08. The van der Waals surface area contributed by atoms with Crippen LogP contribution in [-0.4, -0.2) is 26.5 Å². The van der Waals surface area contributed by atoms with Crippen LogP contribution in [0.3, 0.4) is 0 Å². The minimum absolute atomic E-state index is 0.600. The fourth-order valence-electron chi connectivity index (χ4n) is 1.56. The fraction of sp³-hybridized carbons (Fsp3) is 0.583. The molecule has 0 fully saturated rings. The zero-order valence-corrected chi connectivity index (χ0v) is 10.8. The normalized spacial score (nSPS) is 13.2. The largest absolute Gasteiger partial charge is 0.368 e. The maximum atomic E-state index is 4.41. The number of anilines is 1. The number of aromatic amines is 1. The smallest absolute Gasteiger partial charge is 0.183 e. The van der Waals surface area contributed by atoms with Crippen molar-refractivity contribution in [3.63, 3.8) is 0 Å². The van der Waals surface area contributed by atoms with Gasteiger partial charge in [-0.1, -0.05) is 20.8 Å². The minimum atomic E-state index is 0.600. The number of aromatic nitrogens is 4. The quantitative estimate of drug-likeness (QED) is 0.850. The predicted molar refractivity (Wildman–Crippen MR) is 68.9 cm³/mol. The Morgan fingerprint density at radius 1 is 1.29 bits per heavy atom. The third kappa shape index (κ3) is 2.54. The third-order valence-corrected chi connectivity index (χ3v) is 3.13. The van der Waals surface area contributed by atoms with Gasteiger partial charge in [0.1, 0.15) is 11.3 Å². The number of rotatable bonds is 4. The number of hydrogen-bond acceptors (Lipinski definition) is 4. The Labute approximate surface area is 101 Å². The van der Waals surface area contributed by atoms with Gasteiger partial charge in [0, 0.05) is 6.54 Å². The molecule has 0 saturated carbocycles. The van der Waals surface area contributed by atoms with E-state index in [1.807, 2.05) is 6.92 Å². The SMILES string of the molecule is Cc1nc(NC[C@@H](C)C(C)C)c2[nH]cnc2n1. The zero-order valence-electron chi connectivity index (χ0n) is 10.8. The molecular weight excluding hydrogens is 214 g/mol. The van der Waals surface area contributed by atoms with Crippen LogP contribution >= 0.6 is 0 Å². The van der Waals surface area contributed by atoms with Crippen LogP contribution in [0.5, 0.6) is 0 Å². The van der Waals surface area contributed by atoms with E-state index < -0.39 is 0 Å². The van der Waals surface area contributed by atoms with Crippen LogP contribution in [0, 0.1) is 18.8 Å². The summed E-state index contributed by atoms with van der Waals surface area (Å²) in [7, 11) is 0. The molecule has 2 aromatic rings. The van der Waals surface area contributed by atoms with E-state index in [4.69, 9.17) is 0 Å². The number of aryl methyl sites for hydroxylation is 1. The van der Waals surface area contributed by atoms with Crippen molar-refractivity contribution in [1.82, 2.24) is 19.9 Å². The molecule has 0 amide bonds. The van der Waals surface area contributed by atoms with Crippen molar-refractivity contribution in [1.29, 1.82) is 0 Å². The summed E-state index contributed by atoms with van der Waals surface area (Å²) in [5, 5.41) is 3.37. The van der Waals surface area contributed by atoms with E-state index in [9.17, 15) is 0 Å². The minimum Gasteiger partial charge on any atom is -0.368 e. The van der Waals surface area contributed by atoms with Crippen molar-refractivity contribution in [3.05, 3.63) is 12.2 Å². The number of imidazole rings is 1. The summed E-state index contributed by atoms with van der Waals surface area (Å²) in [5.74, 6) is 2.84. The van der Waals surface area contributed by atoms with E-state index >= 15 is 0 Å². The number of nitrogens with one attached hydrogen (secondary N) is 2. The van der Waals surface area contributed by atoms with Crippen LogP contribution in [0.1, 0.15) is 26.6 Å². The summed E-state index contributed by atoms with van der Waals surface area (Å²) in [6.07, 6.45) is 1.65.